The zero-order valence-corrected chi connectivity index (χ0v) is 13.4. The number of amides is 2. The lowest BCUT2D eigenvalue weighted by atomic mass is 10.1. The first kappa shape index (κ1) is 16.2. The van der Waals surface area contributed by atoms with Gasteiger partial charge in [-0.3, -0.25) is 9.59 Å². The average molecular weight is 343 g/mol. The molecule has 0 fully saturated rings. The van der Waals surface area contributed by atoms with Crippen molar-refractivity contribution in [1.29, 1.82) is 0 Å². The van der Waals surface area contributed by atoms with Crippen LogP contribution in [0.5, 0.6) is 0 Å². The van der Waals surface area contributed by atoms with Crippen LogP contribution in [0.25, 0.3) is 0 Å². The topological polar surface area (TPSA) is 83.9 Å². The maximum absolute atomic E-state index is 12.3. The molecule has 122 valence electrons. The van der Waals surface area contributed by atoms with Crippen LogP contribution in [-0.2, 0) is 9.63 Å². The van der Waals surface area contributed by atoms with Crippen molar-refractivity contribution >= 4 is 29.5 Å². The highest BCUT2D eigenvalue weighted by Crippen LogP contribution is 2.36. The molecule has 1 heterocycles. The summed E-state index contributed by atoms with van der Waals surface area (Å²) in [6.07, 6.45) is 0. The third-order valence-corrected chi connectivity index (χ3v) is 4.61. The van der Waals surface area contributed by atoms with Gasteiger partial charge in [0.25, 0.3) is 11.8 Å². The Labute approximate surface area is 142 Å². The molecule has 0 aliphatic carbocycles. The number of aliphatic carboxylic acids is 1. The van der Waals surface area contributed by atoms with Crippen LogP contribution in [0.15, 0.2) is 59.5 Å². The molecule has 1 N–H and O–H groups in total. The Kier molecular flexibility index (Phi) is 4.13. The van der Waals surface area contributed by atoms with E-state index in [9.17, 15) is 19.5 Å². The lowest BCUT2D eigenvalue weighted by Crippen LogP contribution is -2.44. The van der Waals surface area contributed by atoms with Crippen LogP contribution in [0.2, 0.25) is 0 Å². The van der Waals surface area contributed by atoms with Gasteiger partial charge < -0.3 is 5.11 Å². The third kappa shape index (κ3) is 2.79. The van der Waals surface area contributed by atoms with Crippen molar-refractivity contribution in [3.8, 4) is 0 Å². The fraction of sp³-hybridized carbons (Fsp3) is 0.118. The SMILES string of the molecule is CC(ON1C(=O)c2ccccc2C1=O)(Sc1ccccc1)C(=O)O. The second-order valence-electron chi connectivity index (χ2n) is 5.21. The highest BCUT2D eigenvalue weighted by Gasteiger charge is 2.45. The Bertz CT molecular complexity index is 788. The van der Waals surface area contributed by atoms with Gasteiger partial charge >= 0.3 is 5.97 Å². The van der Waals surface area contributed by atoms with E-state index in [0.29, 0.717) is 9.96 Å². The van der Waals surface area contributed by atoms with Crippen LogP contribution < -0.4 is 0 Å². The van der Waals surface area contributed by atoms with Gasteiger partial charge in [0.2, 0.25) is 4.93 Å². The summed E-state index contributed by atoms with van der Waals surface area (Å²) >= 11 is 0.901. The number of rotatable bonds is 5. The van der Waals surface area contributed by atoms with Gasteiger partial charge in [0.1, 0.15) is 0 Å². The summed E-state index contributed by atoms with van der Waals surface area (Å²) in [5.74, 6) is -2.64. The number of imide groups is 1. The molecule has 1 aliphatic rings. The van der Waals surface area contributed by atoms with Crippen molar-refractivity contribution in [2.45, 2.75) is 16.8 Å². The number of carbonyl (C=O) groups excluding carboxylic acids is 2. The molecule has 0 saturated heterocycles. The zero-order valence-electron chi connectivity index (χ0n) is 12.6. The summed E-state index contributed by atoms with van der Waals surface area (Å²) in [6.45, 7) is 1.30. The maximum Gasteiger partial charge on any atom is 0.349 e. The van der Waals surface area contributed by atoms with E-state index in [1.54, 1.807) is 42.5 Å². The molecule has 0 spiro atoms. The number of fused-ring (bicyclic) bond motifs is 1. The van der Waals surface area contributed by atoms with Crippen molar-refractivity contribution in [2.75, 3.05) is 0 Å². The van der Waals surface area contributed by atoms with E-state index in [0.717, 1.165) is 11.8 Å². The monoisotopic (exact) mass is 343 g/mol. The van der Waals surface area contributed by atoms with E-state index in [1.807, 2.05) is 0 Å². The fourth-order valence-electron chi connectivity index (χ4n) is 2.24. The Morgan fingerprint density at radius 3 is 2.00 bits per heavy atom. The van der Waals surface area contributed by atoms with Gasteiger partial charge in [0.15, 0.2) is 0 Å². The molecule has 0 aromatic heterocycles. The van der Waals surface area contributed by atoms with Crippen molar-refractivity contribution in [1.82, 2.24) is 5.06 Å². The van der Waals surface area contributed by atoms with Gasteiger partial charge in [-0.25, -0.2) is 9.63 Å². The van der Waals surface area contributed by atoms with Crippen molar-refractivity contribution in [3.05, 3.63) is 65.7 Å². The first-order chi connectivity index (χ1) is 11.4. The summed E-state index contributed by atoms with van der Waals surface area (Å²) in [6, 6.07) is 15.0. The molecule has 1 atom stereocenters. The van der Waals surface area contributed by atoms with E-state index in [2.05, 4.69) is 0 Å². The van der Waals surface area contributed by atoms with Gasteiger partial charge in [0.05, 0.1) is 11.1 Å². The Morgan fingerprint density at radius 1 is 1.00 bits per heavy atom. The van der Waals surface area contributed by atoms with E-state index in [-0.39, 0.29) is 11.1 Å². The predicted octanol–water partition coefficient (Wildman–Crippen LogP) is 2.81. The summed E-state index contributed by atoms with van der Waals surface area (Å²) < 4.78 is 0. The first-order valence-corrected chi connectivity index (χ1v) is 7.88. The molecule has 0 saturated carbocycles. The number of thioether (sulfide) groups is 1. The van der Waals surface area contributed by atoms with Crippen molar-refractivity contribution in [3.63, 3.8) is 0 Å². The molecule has 1 aliphatic heterocycles. The largest absolute Gasteiger partial charge is 0.478 e. The van der Waals surface area contributed by atoms with Crippen molar-refractivity contribution in [2.24, 2.45) is 0 Å². The summed E-state index contributed by atoms with van der Waals surface area (Å²) in [4.78, 5) is 40.5. The molecule has 3 rings (SSSR count). The molecular weight excluding hydrogens is 330 g/mol. The molecule has 0 radical (unpaired) electrons. The van der Waals surface area contributed by atoms with E-state index in [1.165, 1.54) is 19.1 Å². The van der Waals surface area contributed by atoms with Crippen LogP contribution in [-0.4, -0.2) is 32.9 Å². The van der Waals surface area contributed by atoms with Gasteiger partial charge in [-0.2, -0.15) is 0 Å². The number of carboxylic acid groups (broad SMARTS) is 1. The first-order valence-electron chi connectivity index (χ1n) is 7.07. The second kappa shape index (κ2) is 6.10. The quantitative estimate of drug-likeness (QED) is 0.510. The standard InChI is InChI=1S/C17H13NO5S/c1-17(16(21)22,24-11-7-3-2-4-8-11)23-18-14(19)12-9-5-6-10-13(12)15(18)20/h2-10H,1H3,(H,21,22). The van der Waals surface area contributed by atoms with Crippen LogP contribution in [0.3, 0.4) is 0 Å². The highest BCUT2D eigenvalue weighted by molar-refractivity contribution is 8.01. The molecule has 24 heavy (non-hydrogen) atoms. The molecular formula is C17H13NO5S. The minimum absolute atomic E-state index is 0.194. The Balaban J connectivity index is 1.89. The van der Waals surface area contributed by atoms with Crippen LogP contribution in [0.1, 0.15) is 27.6 Å². The number of hydrogen-bond donors (Lipinski definition) is 1. The van der Waals surface area contributed by atoms with E-state index < -0.39 is 22.7 Å². The summed E-state index contributed by atoms with van der Waals surface area (Å²) in [7, 11) is 0. The Morgan fingerprint density at radius 2 is 1.50 bits per heavy atom. The smallest absolute Gasteiger partial charge is 0.349 e. The van der Waals surface area contributed by atoms with E-state index in [4.69, 9.17) is 4.84 Å². The minimum Gasteiger partial charge on any atom is -0.478 e. The maximum atomic E-state index is 12.3. The molecule has 2 aromatic carbocycles. The molecule has 1 unspecified atom stereocenters. The molecule has 6 nitrogen and oxygen atoms in total. The molecule has 2 amide bonds. The van der Waals surface area contributed by atoms with Gasteiger partial charge in [-0.15, -0.1) is 5.06 Å². The van der Waals surface area contributed by atoms with Crippen LogP contribution in [0.4, 0.5) is 0 Å². The second-order valence-corrected chi connectivity index (χ2v) is 6.66. The number of benzene rings is 2. The number of carboxylic acids is 1. The fourth-order valence-corrected chi connectivity index (χ4v) is 3.18. The van der Waals surface area contributed by atoms with Crippen LogP contribution >= 0.6 is 11.8 Å². The molecule has 7 heteroatoms. The number of nitrogens with zero attached hydrogens (tertiary/aromatic N) is 1. The Hall–Kier alpha value is -2.64. The zero-order chi connectivity index (χ0) is 17.3. The van der Waals surface area contributed by atoms with Gasteiger partial charge in [0, 0.05) is 4.90 Å². The predicted molar refractivity (Wildman–Crippen MR) is 86.4 cm³/mol. The lowest BCUT2D eigenvalue weighted by Gasteiger charge is -2.27. The number of carbonyl (C=O) groups is 3. The van der Waals surface area contributed by atoms with Crippen molar-refractivity contribution < 1.29 is 24.3 Å². The minimum atomic E-state index is -1.84. The van der Waals surface area contributed by atoms with E-state index >= 15 is 0 Å². The van der Waals surface area contributed by atoms with Gasteiger partial charge in [-0.1, -0.05) is 42.1 Å². The van der Waals surface area contributed by atoms with Crippen LogP contribution in [0, 0.1) is 0 Å². The normalized spacial score (nSPS) is 16.0. The molecule has 0 bridgehead atoms. The summed E-state index contributed by atoms with van der Waals surface area (Å²) in [5.41, 5.74) is 0.389. The lowest BCUT2D eigenvalue weighted by molar-refractivity contribution is -0.179. The number of hydroxylamine groups is 2. The number of hydrogen-bond acceptors (Lipinski definition) is 5. The average Bonchev–Trinajstić information content (AvgIpc) is 2.81. The molecule has 2 aromatic rings. The summed E-state index contributed by atoms with van der Waals surface area (Å²) in [5, 5.41) is 10.1. The highest BCUT2D eigenvalue weighted by atomic mass is 32.2. The van der Waals surface area contributed by atoms with Gasteiger partial charge in [-0.05, 0) is 31.2 Å². The third-order valence-electron chi connectivity index (χ3n) is 3.47.